The summed E-state index contributed by atoms with van der Waals surface area (Å²) in [5.74, 6) is 0.367. The molecule has 1 saturated heterocycles. The summed E-state index contributed by atoms with van der Waals surface area (Å²) in [4.78, 5) is 16.8. The van der Waals surface area contributed by atoms with Crippen LogP contribution in [0.15, 0.2) is 4.99 Å². The van der Waals surface area contributed by atoms with Crippen molar-refractivity contribution in [3.8, 4) is 0 Å². The summed E-state index contributed by atoms with van der Waals surface area (Å²) in [6.07, 6.45) is -0.378. The highest BCUT2D eigenvalue weighted by molar-refractivity contribution is 8.14. The molecule has 78 valence electrons. The Morgan fingerprint density at radius 2 is 2.50 bits per heavy atom. The second-order valence-corrected chi connectivity index (χ2v) is 4.32. The summed E-state index contributed by atoms with van der Waals surface area (Å²) in [5.41, 5.74) is 0. The average Bonchev–Trinajstić information content (AvgIpc) is 2.45. The summed E-state index contributed by atoms with van der Waals surface area (Å²) in [6.45, 7) is 2.80. The van der Waals surface area contributed by atoms with E-state index in [1.165, 1.54) is 11.8 Å². The molecule has 1 amide bonds. The minimum Gasteiger partial charge on any atom is -0.390 e. The van der Waals surface area contributed by atoms with Gasteiger partial charge in [0.1, 0.15) is 0 Å². The van der Waals surface area contributed by atoms with Crippen molar-refractivity contribution in [3.05, 3.63) is 0 Å². The normalized spacial score (nSPS) is 28.9. The minimum absolute atomic E-state index is 0.0725. The molecule has 0 radical (unpaired) electrons. The summed E-state index contributed by atoms with van der Waals surface area (Å²) in [7, 11) is 0. The molecule has 6 heteroatoms. The number of amides is 1. The number of aliphatic imine (C=N–C) groups is 1. The highest BCUT2D eigenvalue weighted by atomic mass is 32.2. The molecule has 2 N–H and O–H groups in total. The topological polar surface area (TPSA) is 64.9 Å². The van der Waals surface area contributed by atoms with Gasteiger partial charge in [0.15, 0.2) is 5.17 Å². The second kappa shape index (κ2) is 4.29. The Kier molecular flexibility index (Phi) is 3.05. The molecule has 2 aliphatic rings. The number of carbonyl (C=O) groups is 1. The van der Waals surface area contributed by atoms with E-state index in [0.717, 1.165) is 18.3 Å². The number of aliphatic hydroxyl groups is 1. The van der Waals surface area contributed by atoms with E-state index in [1.807, 2.05) is 4.90 Å². The Morgan fingerprint density at radius 3 is 3.21 bits per heavy atom. The Bertz CT molecular complexity index is 269. The van der Waals surface area contributed by atoms with Crippen molar-refractivity contribution in [2.75, 3.05) is 31.9 Å². The molecule has 0 aromatic heterocycles. The molecule has 2 aliphatic heterocycles. The summed E-state index contributed by atoms with van der Waals surface area (Å²) in [6, 6.07) is 0. The molecule has 0 aliphatic carbocycles. The van der Waals surface area contributed by atoms with Gasteiger partial charge in [-0.1, -0.05) is 11.8 Å². The van der Waals surface area contributed by atoms with Gasteiger partial charge in [0.05, 0.1) is 11.9 Å². The van der Waals surface area contributed by atoms with Crippen LogP contribution in [0.1, 0.15) is 0 Å². The molecule has 1 atom stereocenters. The van der Waals surface area contributed by atoms with Gasteiger partial charge >= 0.3 is 0 Å². The monoisotopic (exact) mass is 215 g/mol. The quantitative estimate of drug-likeness (QED) is 0.536. The lowest BCUT2D eigenvalue weighted by Crippen LogP contribution is -2.35. The zero-order valence-corrected chi connectivity index (χ0v) is 8.59. The van der Waals surface area contributed by atoms with Gasteiger partial charge in [-0.25, -0.2) is 0 Å². The third-order valence-electron chi connectivity index (χ3n) is 2.19. The first-order valence-electron chi connectivity index (χ1n) is 4.64. The summed E-state index contributed by atoms with van der Waals surface area (Å²) >= 11 is 1.46. The number of rotatable bonds is 0. The van der Waals surface area contributed by atoms with Crippen molar-refractivity contribution in [2.45, 2.75) is 6.10 Å². The van der Waals surface area contributed by atoms with E-state index in [0.29, 0.717) is 18.8 Å². The van der Waals surface area contributed by atoms with Crippen LogP contribution < -0.4 is 5.32 Å². The zero-order chi connectivity index (χ0) is 9.97. The van der Waals surface area contributed by atoms with Crippen LogP contribution in [-0.2, 0) is 4.79 Å². The molecule has 0 spiro atoms. The summed E-state index contributed by atoms with van der Waals surface area (Å²) in [5, 5.41) is 13.4. The maximum absolute atomic E-state index is 11.0. The van der Waals surface area contributed by atoms with Gasteiger partial charge in [0.2, 0.25) is 0 Å². The molecular weight excluding hydrogens is 202 g/mol. The lowest BCUT2D eigenvalue weighted by atomic mass is 10.3. The molecule has 0 bridgehead atoms. The van der Waals surface area contributed by atoms with Crippen molar-refractivity contribution in [1.82, 2.24) is 10.2 Å². The van der Waals surface area contributed by atoms with Gasteiger partial charge in [-0.15, -0.1) is 0 Å². The highest BCUT2D eigenvalue weighted by Gasteiger charge is 2.23. The number of carbonyl (C=O) groups excluding carboxylic acids is 1. The minimum atomic E-state index is -0.378. The molecule has 0 saturated carbocycles. The van der Waals surface area contributed by atoms with E-state index in [1.54, 1.807) is 0 Å². The maximum atomic E-state index is 11.0. The largest absolute Gasteiger partial charge is 0.390 e. The third kappa shape index (κ3) is 2.26. The number of nitrogens with zero attached hydrogens (tertiary/aromatic N) is 2. The van der Waals surface area contributed by atoms with Gasteiger partial charge in [0.25, 0.3) is 5.91 Å². The second-order valence-electron chi connectivity index (χ2n) is 3.38. The van der Waals surface area contributed by atoms with Gasteiger partial charge in [-0.2, -0.15) is 4.99 Å². The molecule has 14 heavy (non-hydrogen) atoms. The van der Waals surface area contributed by atoms with E-state index < -0.39 is 0 Å². The van der Waals surface area contributed by atoms with Crippen LogP contribution in [0.3, 0.4) is 0 Å². The Hall–Kier alpha value is -0.590. The third-order valence-corrected chi connectivity index (χ3v) is 3.18. The van der Waals surface area contributed by atoms with E-state index in [4.69, 9.17) is 0 Å². The van der Waals surface area contributed by atoms with Crippen LogP contribution in [0.4, 0.5) is 0 Å². The molecule has 0 aromatic rings. The fourth-order valence-electron chi connectivity index (χ4n) is 1.53. The van der Waals surface area contributed by atoms with Gasteiger partial charge in [-0.05, 0) is 0 Å². The Labute approximate surface area is 86.6 Å². The lowest BCUT2D eigenvalue weighted by molar-refractivity contribution is -0.115. The molecule has 0 aromatic carbocycles. The van der Waals surface area contributed by atoms with Crippen molar-refractivity contribution in [1.29, 1.82) is 0 Å². The number of aliphatic hydroxyl groups excluding tert-OH is 1. The smallest absolute Gasteiger partial charge is 0.258 e. The predicted molar refractivity (Wildman–Crippen MR) is 55.3 cm³/mol. The fourth-order valence-corrected chi connectivity index (χ4v) is 2.36. The number of nitrogens with one attached hydrogen (secondary N) is 1. The van der Waals surface area contributed by atoms with Gasteiger partial charge < -0.3 is 15.3 Å². The SMILES string of the molecule is O=C1CSC(N2CCNCC(O)C2)=N1. The molecule has 5 nitrogen and oxygen atoms in total. The van der Waals surface area contributed by atoms with Crippen LogP contribution in [0.2, 0.25) is 0 Å². The molecule has 2 rings (SSSR count). The first kappa shape index (κ1) is 9.95. The molecule has 2 heterocycles. The van der Waals surface area contributed by atoms with Crippen molar-refractivity contribution in [2.24, 2.45) is 4.99 Å². The first-order valence-corrected chi connectivity index (χ1v) is 5.62. The average molecular weight is 215 g/mol. The summed E-state index contributed by atoms with van der Waals surface area (Å²) < 4.78 is 0. The number of hydrogen-bond acceptors (Lipinski definition) is 5. The van der Waals surface area contributed by atoms with Crippen molar-refractivity contribution >= 4 is 22.8 Å². The van der Waals surface area contributed by atoms with E-state index in [-0.39, 0.29) is 12.0 Å². The predicted octanol–water partition coefficient (Wildman–Crippen LogP) is -1.12. The number of amidine groups is 1. The van der Waals surface area contributed by atoms with Gasteiger partial charge in [0, 0.05) is 26.2 Å². The van der Waals surface area contributed by atoms with Crippen LogP contribution in [-0.4, -0.2) is 59.1 Å². The van der Waals surface area contributed by atoms with E-state index in [2.05, 4.69) is 10.3 Å². The number of thioether (sulfide) groups is 1. The van der Waals surface area contributed by atoms with E-state index >= 15 is 0 Å². The van der Waals surface area contributed by atoms with Crippen molar-refractivity contribution < 1.29 is 9.90 Å². The number of β-amino-alcohol motifs (C(OH)–C–C–N with tert-alkyl or cyclic N) is 1. The van der Waals surface area contributed by atoms with Crippen LogP contribution >= 0.6 is 11.8 Å². The van der Waals surface area contributed by atoms with Gasteiger partial charge in [-0.3, -0.25) is 4.79 Å². The maximum Gasteiger partial charge on any atom is 0.258 e. The fraction of sp³-hybridized carbons (Fsp3) is 0.750. The first-order chi connectivity index (χ1) is 6.75. The standard InChI is InChI=1S/C8H13N3O2S/c12-6-3-9-1-2-11(4-6)8-10-7(13)5-14-8/h6,9,12H,1-5H2. The van der Waals surface area contributed by atoms with Crippen LogP contribution in [0.25, 0.3) is 0 Å². The number of hydrogen-bond donors (Lipinski definition) is 2. The van der Waals surface area contributed by atoms with E-state index in [9.17, 15) is 9.90 Å². The Balaban J connectivity index is 2.02. The van der Waals surface area contributed by atoms with Crippen molar-refractivity contribution in [3.63, 3.8) is 0 Å². The van der Waals surface area contributed by atoms with Crippen LogP contribution in [0, 0.1) is 0 Å². The molecule has 1 fully saturated rings. The Morgan fingerprint density at radius 1 is 1.64 bits per heavy atom. The lowest BCUT2D eigenvalue weighted by Gasteiger charge is -2.22. The van der Waals surface area contributed by atoms with Crippen LogP contribution in [0.5, 0.6) is 0 Å². The molecular formula is C8H13N3O2S. The molecule has 1 unspecified atom stereocenters. The zero-order valence-electron chi connectivity index (χ0n) is 7.77. The highest BCUT2D eigenvalue weighted by Crippen LogP contribution is 2.17.